The van der Waals surface area contributed by atoms with E-state index in [0.29, 0.717) is 24.1 Å². The van der Waals surface area contributed by atoms with E-state index >= 15 is 0 Å². The fraction of sp³-hybridized carbons (Fsp3) is 0.500. The molecule has 0 atom stereocenters. The van der Waals surface area contributed by atoms with E-state index in [2.05, 4.69) is 25.7 Å². The monoisotopic (exact) mass is 399 g/mol. The van der Waals surface area contributed by atoms with Crippen LogP contribution in [0.15, 0.2) is 24.3 Å². The molecule has 2 fully saturated rings. The first-order valence-electron chi connectivity index (χ1n) is 9.80. The number of carbonyl (C=O) groups excluding carboxylic acids is 2. The summed E-state index contributed by atoms with van der Waals surface area (Å²) in [5.41, 5.74) is 1.45. The minimum absolute atomic E-state index is 0.0161. The zero-order valence-electron chi connectivity index (χ0n) is 16.0. The molecule has 1 aromatic heterocycles. The van der Waals surface area contributed by atoms with Crippen molar-refractivity contribution < 1.29 is 9.59 Å². The van der Waals surface area contributed by atoms with Crippen LogP contribution in [0.4, 0.5) is 11.4 Å². The number of anilines is 2. The Morgan fingerprint density at radius 1 is 0.964 bits per heavy atom. The number of piperidine rings is 1. The van der Waals surface area contributed by atoms with Crippen LogP contribution < -0.4 is 10.6 Å². The highest BCUT2D eigenvalue weighted by molar-refractivity contribution is 7.11. The Hall–Kier alpha value is -2.32. The molecule has 2 N–H and O–H groups in total. The number of hydrogen-bond acceptors (Lipinski definition) is 6. The van der Waals surface area contributed by atoms with E-state index in [1.807, 2.05) is 0 Å². The summed E-state index contributed by atoms with van der Waals surface area (Å²) in [7, 11) is 0. The summed E-state index contributed by atoms with van der Waals surface area (Å²) in [6.45, 7) is 3.66. The lowest BCUT2D eigenvalue weighted by Gasteiger charge is -2.30. The Kier molecular flexibility index (Phi) is 5.68. The van der Waals surface area contributed by atoms with E-state index < -0.39 is 0 Å². The second kappa shape index (κ2) is 8.36. The van der Waals surface area contributed by atoms with Crippen molar-refractivity contribution in [2.24, 2.45) is 0 Å². The smallest absolute Gasteiger partial charge is 0.238 e. The number of rotatable bonds is 6. The van der Waals surface area contributed by atoms with Gasteiger partial charge in [0, 0.05) is 30.1 Å². The molecule has 0 bridgehead atoms. The number of hydrogen-bond donors (Lipinski definition) is 2. The molecule has 2 heterocycles. The molecule has 0 radical (unpaired) electrons. The van der Waals surface area contributed by atoms with Crippen LogP contribution in [-0.4, -0.2) is 46.5 Å². The van der Waals surface area contributed by atoms with E-state index in [9.17, 15) is 9.59 Å². The highest BCUT2D eigenvalue weighted by Crippen LogP contribution is 2.43. The molecule has 4 rings (SSSR count). The van der Waals surface area contributed by atoms with Crippen molar-refractivity contribution in [3.63, 3.8) is 0 Å². The third-order valence-electron chi connectivity index (χ3n) is 5.18. The van der Waals surface area contributed by atoms with E-state index in [-0.39, 0.29) is 11.8 Å². The van der Waals surface area contributed by atoms with Gasteiger partial charge in [-0.2, -0.15) is 0 Å². The zero-order chi connectivity index (χ0) is 19.5. The van der Waals surface area contributed by atoms with Crippen LogP contribution in [0.2, 0.25) is 0 Å². The van der Waals surface area contributed by atoms with Crippen molar-refractivity contribution in [1.82, 2.24) is 15.1 Å². The van der Waals surface area contributed by atoms with Crippen molar-refractivity contribution in [3.05, 3.63) is 34.3 Å². The van der Waals surface area contributed by atoms with Gasteiger partial charge in [0.25, 0.3) is 0 Å². The summed E-state index contributed by atoms with van der Waals surface area (Å²) in [6.07, 6.45) is 4.58. The number of likely N-dealkylation sites (tertiary alicyclic amines) is 1. The maximum absolute atomic E-state index is 12.3. The van der Waals surface area contributed by atoms with Gasteiger partial charge in [-0.05, 0) is 63.0 Å². The lowest BCUT2D eigenvalue weighted by atomic mass is 9.98. The number of carbonyl (C=O) groups is 2. The SMILES string of the molecule is CC(=O)Nc1ccc(NC(=O)CN2CCC(c3nnc(C4CC4)s3)CC2)cc1. The molecule has 8 heteroatoms. The Morgan fingerprint density at radius 3 is 2.04 bits per heavy atom. The predicted molar refractivity (Wildman–Crippen MR) is 110 cm³/mol. The second-order valence-electron chi connectivity index (χ2n) is 7.61. The fourth-order valence-corrected chi connectivity index (χ4v) is 4.67. The Labute approximate surface area is 168 Å². The van der Waals surface area contributed by atoms with Gasteiger partial charge in [-0.3, -0.25) is 14.5 Å². The molecule has 2 amide bonds. The Balaban J connectivity index is 1.22. The van der Waals surface area contributed by atoms with Crippen molar-refractivity contribution in [3.8, 4) is 0 Å². The maximum Gasteiger partial charge on any atom is 0.238 e. The topological polar surface area (TPSA) is 87.2 Å². The van der Waals surface area contributed by atoms with E-state index in [1.54, 1.807) is 35.6 Å². The molecule has 1 aliphatic carbocycles. The quantitative estimate of drug-likeness (QED) is 0.779. The highest BCUT2D eigenvalue weighted by Gasteiger charge is 2.30. The van der Waals surface area contributed by atoms with Crippen LogP contribution in [0.3, 0.4) is 0 Å². The van der Waals surface area contributed by atoms with E-state index in [0.717, 1.165) is 31.6 Å². The first-order chi connectivity index (χ1) is 13.6. The van der Waals surface area contributed by atoms with Crippen LogP contribution in [-0.2, 0) is 9.59 Å². The maximum atomic E-state index is 12.3. The average Bonchev–Trinajstić information content (AvgIpc) is 3.41. The molecule has 28 heavy (non-hydrogen) atoms. The van der Waals surface area contributed by atoms with Gasteiger partial charge in [0.05, 0.1) is 6.54 Å². The molecule has 1 saturated heterocycles. The minimum atomic E-state index is -0.113. The van der Waals surface area contributed by atoms with Crippen molar-refractivity contribution in [1.29, 1.82) is 0 Å². The number of amides is 2. The van der Waals surface area contributed by atoms with Gasteiger partial charge in [-0.15, -0.1) is 21.5 Å². The molecule has 1 saturated carbocycles. The lowest BCUT2D eigenvalue weighted by molar-refractivity contribution is -0.117. The van der Waals surface area contributed by atoms with Gasteiger partial charge in [-0.25, -0.2) is 0 Å². The fourth-order valence-electron chi connectivity index (χ4n) is 3.49. The molecule has 0 spiro atoms. The molecule has 2 aliphatic rings. The lowest BCUT2D eigenvalue weighted by Crippen LogP contribution is -2.38. The van der Waals surface area contributed by atoms with Crippen LogP contribution >= 0.6 is 11.3 Å². The van der Waals surface area contributed by atoms with Crippen molar-refractivity contribution >= 4 is 34.5 Å². The van der Waals surface area contributed by atoms with Gasteiger partial charge in [0.2, 0.25) is 11.8 Å². The van der Waals surface area contributed by atoms with Crippen molar-refractivity contribution in [2.75, 3.05) is 30.3 Å². The van der Waals surface area contributed by atoms with E-state index in [1.165, 1.54) is 29.8 Å². The molecule has 1 aliphatic heterocycles. The third kappa shape index (κ3) is 4.94. The first kappa shape index (κ1) is 19.0. The Morgan fingerprint density at radius 2 is 1.50 bits per heavy atom. The summed E-state index contributed by atoms with van der Waals surface area (Å²) >= 11 is 1.79. The van der Waals surface area contributed by atoms with Crippen LogP contribution in [0.1, 0.15) is 54.5 Å². The number of benzene rings is 1. The second-order valence-corrected chi connectivity index (χ2v) is 8.65. The van der Waals surface area contributed by atoms with Crippen LogP contribution in [0, 0.1) is 0 Å². The predicted octanol–water partition coefficient (Wildman–Crippen LogP) is 3.19. The molecular formula is C20H25N5O2S. The van der Waals surface area contributed by atoms with Crippen LogP contribution in [0.25, 0.3) is 0 Å². The molecule has 148 valence electrons. The zero-order valence-corrected chi connectivity index (χ0v) is 16.8. The third-order valence-corrected chi connectivity index (χ3v) is 6.42. The number of nitrogens with zero attached hydrogens (tertiary/aromatic N) is 3. The molecule has 0 unspecified atom stereocenters. The molecule has 1 aromatic carbocycles. The summed E-state index contributed by atoms with van der Waals surface area (Å²) in [5.74, 6) is 1.02. The van der Waals surface area contributed by atoms with Gasteiger partial charge < -0.3 is 10.6 Å². The summed E-state index contributed by atoms with van der Waals surface area (Å²) in [4.78, 5) is 25.6. The molecule has 2 aromatic rings. The number of nitrogens with one attached hydrogen (secondary N) is 2. The highest BCUT2D eigenvalue weighted by atomic mass is 32.1. The average molecular weight is 400 g/mol. The summed E-state index contributed by atoms with van der Waals surface area (Å²) in [6, 6.07) is 7.14. The summed E-state index contributed by atoms with van der Waals surface area (Å²) in [5, 5.41) is 16.8. The standard InChI is InChI=1S/C20H25N5O2S/c1-13(26)21-16-4-6-17(7-5-16)22-18(27)12-25-10-8-15(9-11-25)20-24-23-19(28-20)14-2-3-14/h4-7,14-15H,2-3,8-12H2,1H3,(H,21,26)(H,22,27). The normalized spacial score (nSPS) is 18.0. The van der Waals surface area contributed by atoms with Gasteiger partial charge in [0.1, 0.15) is 10.0 Å². The largest absolute Gasteiger partial charge is 0.326 e. The minimum Gasteiger partial charge on any atom is -0.326 e. The van der Waals surface area contributed by atoms with E-state index in [4.69, 9.17) is 0 Å². The van der Waals surface area contributed by atoms with Gasteiger partial charge in [-0.1, -0.05) is 0 Å². The number of aromatic nitrogens is 2. The summed E-state index contributed by atoms with van der Waals surface area (Å²) < 4.78 is 0. The van der Waals surface area contributed by atoms with Crippen molar-refractivity contribution in [2.45, 2.75) is 44.4 Å². The van der Waals surface area contributed by atoms with Crippen LogP contribution in [0.5, 0.6) is 0 Å². The van der Waals surface area contributed by atoms with Gasteiger partial charge in [0.15, 0.2) is 0 Å². The Bertz CT molecular complexity index is 839. The van der Waals surface area contributed by atoms with Gasteiger partial charge >= 0.3 is 0 Å². The first-order valence-corrected chi connectivity index (χ1v) is 10.6. The molecule has 7 nitrogen and oxygen atoms in total. The molecular weight excluding hydrogens is 374 g/mol.